The lowest BCUT2D eigenvalue weighted by molar-refractivity contribution is 0.660. The van der Waals surface area contributed by atoms with E-state index in [1.165, 1.54) is 0 Å². The molecule has 2 heterocycles. The van der Waals surface area contributed by atoms with E-state index >= 15 is 0 Å². The Hall–Kier alpha value is -1.03. The minimum atomic E-state index is 0. The van der Waals surface area contributed by atoms with Crippen molar-refractivity contribution in [1.29, 1.82) is 0 Å². The van der Waals surface area contributed by atoms with Crippen molar-refractivity contribution in [2.75, 3.05) is 19.8 Å². The molecule has 0 atom stereocenters. The van der Waals surface area contributed by atoms with Crippen molar-refractivity contribution in [1.82, 2.24) is 25.2 Å². The highest BCUT2D eigenvalue weighted by Gasteiger charge is 2.16. The third-order valence-corrected chi connectivity index (χ3v) is 4.51. The van der Waals surface area contributed by atoms with Crippen LogP contribution >= 0.6 is 35.7 Å². The molecule has 0 aliphatic heterocycles. The van der Waals surface area contributed by atoms with Crippen LogP contribution in [0.3, 0.4) is 0 Å². The van der Waals surface area contributed by atoms with E-state index in [1.807, 2.05) is 40.6 Å². The summed E-state index contributed by atoms with van der Waals surface area (Å²) in [5.74, 6) is 1.63. The predicted octanol–water partition coefficient (Wildman–Crippen LogP) is 2.15. The second-order valence-corrected chi connectivity index (χ2v) is 6.80. The summed E-state index contributed by atoms with van der Waals surface area (Å²) in [6, 6.07) is 5.85. The number of halogens is 1. The molecule has 0 aliphatic carbocycles. The number of rotatable bonds is 5. The molecule has 0 radical (unpaired) electrons. The average Bonchev–Trinajstić information content (AvgIpc) is 2.91. The Kier molecular flexibility index (Phi) is 7.40. The second kappa shape index (κ2) is 8.56. The van der Waals surface area contributed by atoms with Gasteiger partial charge in [-0.05, 0) is 32.2 Å². The maximum absolute atomic E-state index is 4.23. The van der Waals surface area contributed by atoms with Crippen LogP contribution in [0.2, 0.25) is 0 Å². The summed E-state index contributed by atoms with van der Waals surface area (Å²) in [5, 5.41) is 14.9. The van der Waals surface area contributed by atoms with Crippen LogP contribution < -0.4 is 10.6 Å². The number of hydrogen-bond acceptors (Lipinski definition) is 4. The molecule has 0 aliphatic rings. The van der Waals surface area contributed by atoms with Crippen LogP contribution in [-0.2, 0) is 6.54 Å². The van der Waals surface area contributed by atoms with E-state index in [0.717, 1.165) is 24.0 Å². The molecule has 2 aromatic heterocycles. The summed E-state index contributed by atoms with van der Waals surface area (Å²) >= 11 is 1.83. The molecule has 0 spiro atoms. The van der Waals surface area contributed by atoms with Crippen LogP contribution in [-0.4, -0.2) is 45.2 Å². The van der Waals surface area contributed by atoms with Gasteiger partial charge in [-0.1, -0.05) is 6.07 Å². The molecule has 6 nitrogen and oxygen atoms in total. The largest absolute Gasteiger partial charge is 0.355 e. The zero-order valence-electron chi connectivity index (χ0n) is 13.3. The van der Waals surface area contributed by atoms with E-state index in [1.54, 1.807) is 7.05 Å². The monoisotopic (exact) mass is 434 g/mol. The number of aromatic nitrogens is 3. The molecule has 0 bridgehead atoms. The van der Waals surface area contributed by atoms with Crippen LogP contribution in [0.4, 0.5) is 0 Å². The fourth-order valence-electron chi connectivity index (χ4n) is 1.76. The lowest BCUT2D eigenvalue weighted by atomic mass is 10.2. The number of hydrogen-bond donors (Lipinski definition) is 2. The van der Waals surface area contributed by atoms with E-state index in [-0.39, 0.29) is 28.7 Å². The summed E-state index contributed by atoms with van der Waals surface area (Å²) in [5.41, 5.74) is 0.848. The fourth-order valence-corrected chi connectivity index (χ4v) is 1.98. The quantitative estimate of drug-likeness (QED) is 0.429. The zero-order valence-corrected chi connectivity index (χ0v) is 16.5. The first-order valence-electron chi connectivity index (χ1n) is 6.84. The van der Waals surface area contributed by atoms with Crippen molar-refractivity contribution >= 4 is 47.3 Å². The minimum absolute atomic E-state index is 0. The van der Waals surface area contributed by atoms with Crippen LogP contribution in [0.25, 0.3) is 5.65 Å². The summed E-state index contributed by atoms with van der Waals surface area (Å²) in [4.78, 5) is 4.23. The molecule has 22 heavy (non-hydrogen) atoms. The smallest absolute Gasteiger partial charge is 0.191 e. The Bertz CT molecular complexity index is 625. The summed E-state index contributed by atoms with van der Waals surface area (Å²) in [6.45, 7) is 5.81. The predicted molar refractivity (Wildman–Crippen MR) is 104 cm³/mol. The number of nitrogens with zero attached hydrogens (tertiary/aromatic N) is 4. The van der Waals surface area contributed by atoms with Gasteiger partial charge in [0.1, 0.15) is 0 Å². The molecular formula is C14H23IN6S. The molecule has 8 heteroatoms. The molecule has 2 N–H and O–H groups in total. The third kappa shape index (κ3) is 5.01. The summed E-state index contributed by atoms with van der Waals surface area (Å²) in [6.07, 6.45) is 4.07. The van der Waals surface area contributed by atoms with Gasteiger partial charge in [0.05, 0.1) is 6.54 Å². The molecule has 0 amide bonds. The van der Waals surface area contributed by atoms with Crippen molar-refractivity contribution in [2.45, 2.75) is 25.1 Å². The van der Waals surface area contributed by atoms with Gasteiger partial charge in [-0.25, -0.2) is 0 Å². The van der Waals surface area contributed by atoms with Crippen LogP contribution in [0.15, 0.2) is 29.4 Å². The third-order valence-electron chi connectivity index (χ3n) is 3.26. The topological polar surface area (TPSA) is 66.6 Å². The normalized spacial score (nSPS) is 12.1. The van der Waals surface area contributed by atoms with Gasteiger partial charge >= 0.3 is 0 Å². The van der Waals surface area contributed by atoms with Crippen molar-refractivity contribution in [2.24, 2.45) is 4.99 Å². The summed E-state index contributed by atoms with van der Waals surface area (Å²) in [7, 11) is 1.77. The van der Waals surface area contributed by atoms with Crippen molar-refractivity contribution in [3.05, 3.63) is 30.2 Å². The molecular weight excluding hydrogens is 411 g/mol. The molecule has 2 rings (SSSR count). The van der Waals surface area contributed by atoms with E-state index in [9.17, 15) is 0 Å². The Balaban J connectivity index is 0.00000242. The van der Waals surface area contributed by atoms with E-state index in [4.69, 9.17) is 0 Å². The fraction of sp³-hybridized carbons (Fsp3) is 0.500. The molecule has 2 aromatic rings. The van der Waals surface area contributed by atoms with Crippen LogP contribution in [0, 0.1) is 0 Å². The first-order valence-corrected chi connectivity index (χ1v) is 8.06. The molecule has 0 unspecified atom stereocenters. The molecule has 0 fully saturated rings. The van der Waals surface area contributed by atoms with Crippen LogP contribution in [0.1, 0.15) is 19.7 Å². The highest BCUT2D eigenvalue weighted by molar-refractivity contribution is 14.0. The number of pyridine rings is 1. The van der Waals surface area contributed by atoms with Gasteiger partial charge in [0, 0.05) is 24.5 Å². The number of thioether (sulfide) groups is 1. The SMILES string of the molecule is CN=C(NCc1nnc2ccccn12)NCC(C)(C)SC.I. The standard InChI is InChI=1S/C14H22N6S.HI/c1-14(2,21-4)10-17-13(15-3)16-9-12-19-18-11-7-5-6-8-20(11)12;/h5-8H,9-10H2,1-4H3,(H2,15,16,17);1H. The second-order valence-electron chi connectivity index (χ2n) is 5.29. The zero-order chi connectivity index (χ0) is 15.3. The van der Waals surface area contributed by atoms with Gasteiger partial charge in [0.2, 0.25) is 0 Å². The van der Waals surface area contributed by atoms with Crippen molar-refractivity contribution in [3.63, 3.8) is 0 Å². The molecule has 0 saturated carbocycles. The summed E-state index contributed by atoms with van der Waals surface area (Å²) < 4.78 is 2.13. The Morgan fingerprint density at radius 3 is 2.77 bits per heavy atom. The van der Waals surface area contributed by atoms with Gasteiger partial charge in [-0.3, -0.25) is 9.39 Å². The van der Waals surface area contributed by atoms with Crippen molar-refractivity contribution in [3.8, 4) is 0 Å². The van der Waals surface area contributed by atoms with E-state index < -0.39 is 0 Å². The maximum Gasteiger partial charge on any atom is 0.191 e. The number of aliphatic imine (C=N–C) groups is 1. The van der Waals surface area contributed by atoms with Gasteiger partial charge in [-0.2, -0.15) is 11.8 Å². The highest BCUT2D eigenvalue weighted by atomic mass is 127. The van der Waals surface area contributed by atoms with Crippen molar-refractivity contribution < 1.29 is 0 Å². The number of fused-ring (bicyclic) bond motifs is 1. The maximum atomic E-state index is 4.23. The first-order chi connectivity index (χ1) is 10.1. The van der Waals surface area contributed by atoms with Gasteiger partial charge in [0.25, 0.3) is 0 Å². The Labute approximate surface area is 152 Å². The Morgan fingerprint density at radius 1 is 1.32 bits per heavy atom. The number of guanidine groups is 1. The molecule has 0 aromatic carbocycles. The lowest BCUT2D eigenvalue weighted by Gasteiger charge is -2.23. The van der Waals surface area contributed by atoms with Gasteiger partial charge < -0.3 is 10.6 Å². The van der Waals surface area contributed by atoms with Crippen LogP contribution in [0.5, 0.6) is 0 Å². The first kappa shape index (κ1) is 19.0. The van der Waals surface area contributed by atoms with Gasteiger partial charge in [0.15, 0.2) is 17.4 Å². The number of nitrogens with one attached hydrogen (secondary N) is 2. The lowest BCUT2D eigenvalue weighted by Crippen LogP contribution is -2.43. The van der Waals surface area contributed by atoms with E-state index in [0.29, 0.717) is 6.54 Å². The highest BCUT2D eigenvalue weighted by Crippen LogP contribution is 2.19. The molecule has 0 saturated heterocycles. The average molecular weight is 434 g/mol. The molecule has 122 valence electrons. The minimum Gasteiger partial charge on any atom is -0.355 e. The van der Waals surface area contributed by atoms with E-state index in [2.05, 4.69) is 45.9 Å². The Morgan fingerprint density at radius 2 is 2.09 bits per heavy atom. The van der Waals surface area contributed by atoms with Gasteiger partial charge in [-0.15, -0.1) is 34.2 Å².